The van der Waals surface area contributed by atoms with Crippen molar-refractivity contribution in [3.63, 3.8) is 0 Å². The fourth-order valence-electron chi connectivity index (χ4n) is 3.77. The van der Waals surface area contributed by atoms with Crippen LogP contribution < -0.4 is 0 Å². The summed E-state index contributed by atoms with van der Waals surface area (Å²) in [6.45, 7) is 16.2. The molecule has 0 amide bonds. The van der Waals surface area contributed by atoms with Crippen LogP contribution in [0.1, 0.15) is 88.6 Å². The first-order chi connectivity index (χ1) is 11.6. The Labute approximate surface area is 154 Å². The predicted molar refractivity (Wildman–Crippen MR) is 110 cm³/mol. The van der Waals surface area contributed by atoms with Crippen LogP contribution in [-0.4, -0.2) is 0 Å². The zero-order chi connectivity index (χ0) is 18.4. The molecule has 0 aliphatic heterocycles. The highest BCUT2D eigenvalue weighted by molar-refractivity contribution is 5.69. The van der Waals surface area contributed by atoms with Crippen LogP contribution >= 0.6 is 0 Å². The van der Waals surface area contributed by atoms with Crippen LogP contribution in [0.5, 0.6) is 0 Å². The number of rotatable bonds is 2. The van der Waals surface area contributed by atoms with Gasteiger partial charge in [-0.25, -0.2) is 0 Å². The Morgan fingerprint density at radius 3 is 1.88 bits per heavy atom. The Balaban J connectivity index is 2.21. The van der Waals surface area contributed by atoms with E-state index < -0.39 is 0 Å². The molecule has 0 N–H and O–H groups in total. The molecule has 1 atom stereocenters. The lowest BCUT2D eigenvalue weighted by Crippen LogP contribution is -2.18. The smallest absolute Gasteiger partial charge is 0.0308 e. The van der Waals surface area contributed by atoms with Crippen molar-refractivity contribution >= 4 is 6.08 Å². The lowest BCUT2D eigenvalue weighted by molar-refractivity contribution is 0.566. The summed E-state index contributed by atoms with van der Waals surface area (Å²) in [7, 11) is 0. The number of allylic oxidation sites excluding steroid dienone is 1. The Kier molecular flexibility index (Phi) is 4.43. The third-order valence-corrected chi connectivity index (χ3v) is 5.45. The van der Waals surface area contributed by atoms with E-state index in [0.717, 1.165) is 6.42 Å². The normalized spacial score (nSPS) is 17.4. The maximum atomic E-state index is 2.45. The molecule has 0 saturated carbocycles. The highest BCUT2D eigenvalue weighted by Crippen LogP contribution is 2.44. The van der Waals surface area contributed by atoms with E-state index in [9.17, 15) is 0 Å². The van der Waals surface area contributed by atoms with Crippen LogP contribution in [0.4, 0.5) is 0 Å². The van der Waals surface area contributed by atoms with Crippen molar-refractivity contribution in [3.8, 4) is 0 Å². The third-order valence-electron chi connectivity index (χ3n) is 5.45. The first-order valence-corrected chi connectivity index (χ1v) is 9.56. The summed E-state index contributed by atoms with van der Waals surface area (Å²) in [5.74, 6) is 0.407. The van der Waals surface area contributed by atoms with Gasteiger partial charge in [-0.15, -0.1) is 0 Å². The molecule has 0 nitrogen and oxygen atoms in total. The molecule has 2 aromatic carbocycles. The van der Waals surface area contributed by atoms with Crippen molar-refractivity contribution in [1.82, 2.24) is 0 Å². The van der Waals surface area contributed by atoms with Gasteiger partial charge in [-0.1, -0.05) is 103 Å². The Bertz CT molecular complexity index is 774. The van der Waals surface area contributed by atoms with Crippen LogP contribution in [0.2, 0.25) is 0 Å². The fraction of sp³-hybridized carbons (Fsp3) is 0.440. The average Bonchev–Trinajstić information content (AvgIpc) is 2.91. The van der Waals surface area contributed by atoms with Crippen molar-refractivity contribution in [3.05, 3.63) is 75.9 Å². The van der Waals surface area contributed by atoms with Gasteiger partial charge in [-0.3, -0.25) is 0 Å². The maximum Gasteiger partial charge on any atom is 0.0308 e. The van der Waals surface area contributed by atoms with Crippen LogP contribution in [-0.2, 0) is 10.8 Å². The molecular weight excluding hydrogens is 300 g/mol. The van der Waals surface area contributed by atoms with Crippen LogP contribution in [0.3, 0.4) is 0 Å². The first kappa shape index (κ1) is 18.0. The van der Waals surface area contributed by atoms with E-state index in [-0.39, 0.29) is 10.8 Å². The first-order valence-electron chi connectivity index (χ1n) is 9.56. The summed E-state index contributed by atoms with van der Waals surface area (Å²) >= 11 is 0. The molecule has 2 aromatic rings. The highest BCUT2D eigenvalue weighted by atomic mass is 14.3. The van der Waals surface area contributed by atoms with E-state index in [1.807, 2.05) is 0 Å². The van der Waals surface area contributed by atoms with Crippen molar-refractivity contribution in [2.24, 2.45) is 0 Å². The fourth-order valence-corrected chi connectivity index (χ4v) is 3.77. The highest BCUT2D eigenvalue weighted by Gasteiger charge is 2.28. The quantitative estimate of drug-likeness (QED) is 0.544. The van der Waals surface area contributed by atoms with Gasteiger partial charge < -0.3 is 0 Å². The van der Waals surface area contributed by atoms with Gasteiger partial charge in [-0.2, -0.15) is 0 Å². The van der Waals surface area contributed by atoms with Crippen LogP contribution in [0.25, 0.3) is 6.08 Å². The Hall–Kier alpha value is -1.82. The topological polar surface area (TPSA) is 0 Å². The predicted octanol–water partition coefficient (Wildman–Crippen LogP) is 7.22. The summed E-state index contributed by atoms with van der Waals surface area (Å²) in [5, 5.41) is 0. The molecule has 132 valence electrons. The lowest BCUT2D eigenvalue weighted by Gasteiger charge is -2.28. The summed E-state index contributed by atoms with van der Waals surface area (Å²) in [6, 6.07) is 16.2. The van der Waals surface area contributed by atoms with E-state index in [1.165, 1.54) is 33.4 Å². The Morgan fingerprint density at radius 2 is 1.36 bits per heavy atom. The molecule has 0 heterocycles. The third kappa shape index (κ3) is 3.45. The van der Waals surface area contributed by atoms with Gasteiger partial charge in [0.25, 0.3) is 0 Å². The summed E-state index contributed by atoms with van der Waals surface area (Å²) in [6.07, 6.45) is 3.50. The number of fused-ring (bicyclic) bond motifs is 1. The van der Waals surface area contributed by atoms with Gasteiger partial charge in [0.15, 0.2) is 0 Å². The van der Waals surface area contributed by atoms with E-state index in [2.05, 4.69) is 97.0 Å². The zero-order valence-electron chi connectivity index (χ0n) is 16.9. The molecule has 0 spiro atoms. The van der Waals surface area contributed by atoms with Crippen molar-refractivity contribution in [2.45, 2.75) is 71.6 Å². The molecule has 1 aliphatic carbocycles. The molecule has 0 bridgehead atoms. The molecule has 0 aromatic heterocycles. The molecule has 25 heavy (non-hydrogen) atoms. The molecule has 1 unspecified atom stereocenters. The standard InChI is InChI=1S/C25H32/c1-8-17-13-18-11-9-10-12-22(18)23(17)19-14-20(24(2,3)4)16-21(15-19)25(5,6)7/h9-16,23H,8H2,1-7H3. The molecule has 0 fully saturated rings. The summed E-state index contributed by atoms with van der Waals surface area (Å²) in [4.78, 5) is 0. The van der Waals surface area contributed by atoms with Crippen molar-refractivity contribution in [2.75, 3.05) is 0 Å². The van der Waals surface area contributed by atoms with Gasteiger partial charge in [0.05, 0.1) is 0 Å². The minimum absolute atomic E-state index is 0.157. The van der Waals surface area contributed by atoms with Gasteiger partial charge in [0.2, 0.25) is 0 Å². The van der Waals surface area contributed by atoms with Crippen LogP contribution in [0.15, 0.2) is 48.0 Å². The number of benzene rings is 2. The SMILES string of the molecule is CCC1=Cc2ccccc2C1c1cc(C(C)(C)C)cc(C(C)(C)C)c1. The Morgan fingerprint density at radius 1 is 0.800 bits per heavy atom. The van der Waals surface area contributed by atoms with E-state index in [4.69, 9.17) is 0 Å². The summed E-state index contributed by atoms with van der Waals surface area (Å²) in [5.41, 5.74) is 9.04. The van der Waals surface area contributed by atoms with Gasteiger partial charge in [0.1, 0.15) is 0 Å². The molecule has 3 rings (SSSR count). The largest absolute Gasteiger partial charge is 0.0619 e. The van der Waals surface area contributed by atoms with E-state index >= 15 is 0 Å². The van der Waals surface area contributed by atoms with Gasteiger partial charge in [-0.05, 0) is 45.1 Å². The molecule has 1 aliphatic rings. The van der Waals surface area contributed by atoms with Crippen molar-refractivity contribution in [1.29, 1.82) is 0 Å². The molecule has 0 saturated heterocycles. The van der Waals surface area contributed by atoms with Crippen LogP contribution in [0, 0.1) is 0 Å². The second kappa shape index (κ2) is 6.16. The maximum absolute atomic E-state index is 2.45. The second-order valence-corrected chi connectivity index (χ2v) is 9.48. The minimum Gasteiger partial charge on any atom is -0.0619 e. The van der Waals surface area contributed by atoms with Gasteiger partial charge in [0, 0.05) is 5.92 Å². The minimum atomic E-state index is 0.157. The molecular formula is C25H32. The van der Waals surface area contributed by atoms with E-state index in [0.29, 0.717) is 5.92 Å². The van der Waals surface area contributed by atoms with Gasteiger partial charge >= 0.3 is 0 Å². The zero-order valence-corrected chi connectivity index (χ0v) is 16.9. The van der Waals surface area contributed by atoms with E-state index in [1.54, 1.807) is 0 Å². The average molecular weight is 333 g/mol. The molecule has 0 heteroatoms. The van der Waals surface area contributed by atoms with Crippen molar-refractivity contribution < 1.29 is 0 Å². The number of hydrogen-bond acceptors (Lipinski definition) is 0. The monoisotopic (exact) mass is 332 g/mol. The summed E-state index contributed by atoms with van der Waals surface area (Å²) < 4.78 is 0. The molecule has 0 radical (unpaired) electrons. The lowest BCUT2D eigenvalue weighted by atomic mass is 9.76. The number of hydrogen-bond donors (Lipinski definition) is 0. The second-order valence-electron chi connectivity index (χ2n) is 9.48.